The number of nitrogens with zero attached hydrogens (tertiary/aromatic N) is 1. The summed E-state index contributed by atoms with van der Waals surface area (Å²) >= 11 is 1.71. The highest BCUT2D eigenvalue weighted by Crippen LogP contribution is 2.43. The Morgan fingerprint density at radius 1 is 1.37 bits per heavy atom. The van der Waals surface area contributed by atoms with Crippen LogP contribution in [0.4, 0.5) is 0 Å². The first kappa shape index (κ1) is 13.1. The zero-order chi connectivity index (χ0) is 13.3. The molecule has 1 aromatic heterocycles. The van der Waals surface area contributed by atoms with Gasteiger partial charge in [0.05, 0.1) is 11.5 Å². The molecule has 1 saturated heterocycles. The van der Waals surface area contributed by atoms with E-state index < -0.39 is 0 Å². The van der Waals surface area contributed by atoms with Gasteiger partial charge in [0.15, 0.2) is 0 Å². The summed E-state index contributed by atoms with van der Waals surface area (Å²) in [5.74, 6) is 0.256. The van der Waals surface area contributed by atoms with Gasteiger partial charge in [-0.3, -0.25) is 4.79 Å². The number of carbonyl (C=O) groups is 1. The molecule has 0 bridgehead atoms. The van der Waals surface area contributed by atoms with Crippen LogP contribution in [-0.2, 0) is 10.2 Å². The van der Waals surface area contributed by atoms with Gasteiger partial charge in [-0.05, 0) is 30.7 Å². The van der Waals surface area contributed by atoms with E-state index in [0.717, 1.165) is 32.1 Å². The normalized spacial score (nSPS) is 26.6. The van der Waals surface area contributed by atoms with Crippen molar-refractivity contribution >= 4 is 17.2 Å². The number of likely N-dealkylation sites (tertiary alicyclic amines) is 1. The maximum Gasteiger partial charge on any atom is 0.234 e. The average Bonchev–Trinajstić information content (AvgIpc) is 3.10. The molecule has 1 aliphatic carbocycles. The number of rotatable bonds is 2. The summed E-state index contributed by atoms with van der Waals surface area (Å²) < 4.78 is 0. The van der Waals surface area contributed by atoms with E-state index in [9.17, 15) is 9.90 Å². The third-order valence-corrected chi connectivity index (χ3v) is 5.63. The Morgan fingerprint density at radius 3 is 2.74 bits per heavy atom. The lowest BCUT2D eigenvalue weighted by Crippen LogP contribution is -2.47. The topological polar surface area (TPSA) is 40.5 Å². The summed E-state index contributed by atoms with van der Waals surface area (Å²) in [5, 5.41) is 11.7. The fourth-order valence-electron chi connectivity index (χ4n) is 3.50. The van der Waals surface area contributed by atoms with Gasteiger partial charge >= 0.3 is 0 Å². The standard InChI is InChI=1S/C15H21NO2S/c17-12-6-9-16(11-12)14(18)15(7-2-1-3-8-15)13-5-4-10-19-13/h4-5,10,12,17H,1-3,6-9,11H2/t12-/m0/s1. The van der Waals surface area contributed by atoms with E-state index >= 15 is 0 Å². The zero-order valence-electron chi connectivity index (χ0n) is 11.2. The molecule has 1 saturated carbocycles. The Balaban J connectivity index is 1.89. The molecular weight excluding hydrogens is 258 g/mol. The minimum Gasteiger partial charge on any atom is -0.391 e. The van der Waals surface area contributed by atoms with Crippen LogP contribution in [0.3, 0.4) is 0 Å². The third kappa shape index (κ3) is 2.32. The van der Waals surface area contributed by atoms with Gasteiger partial charge in [-0.15, -0.1) is 11.3 Å². The monoisotopic (exact) mass is 279 g/mol. The van der Waals surface area contributed by atoms with Gasteiger partial charge in [0.25, 0.3) is 0 Å². The second kappa shape index (κ2) is 5.25. The fraction of sp³-hybridized carbons (Fsp3) is 0.667. The summed E-state index contributed by atoms with van der Waals surface area (Å²) in [6, 6.07) is 4.16. The smallest absolute Gasteiger partial charge is 0.234 e. The number of aliphatic hydroxyl groups excluding tert-OH is 1. The van der Waals surface area contributed by atoms with Gasteiger partial charge in [-0.2, -0.15) is 0 Å². The molecule has 104 valence electrons. The van der Waals surface area contributed by atoms with Crippen molar-refractivity contribution in [3.05, 3.63) is 22.4 Å². The lowest BCUT2D eigenvalue weighted by Gasteiger charge is -2.38. The first-order valence-electron chi connectivity index (χ1n) is 7.24. The highest BCUT2D eigenvalue weighted by Gasteiger charge is 2.45. The van der Waals surface area contributed by atoms with Crippen LogP contribution >= 0.6 is 11.3 Å². The Bertz CT molecular complexity index is 437. The molecule has 0 aromatic carbocycles. The van der Waals surface area contributed by atoms with Crippen molar-refractivity contribution in [2.75, 3.05) is 13.1 Å². The number of hydrogen-bond donors (Lipinski definition) is 1. The van der Waals surface area contributed by atoms with E-state index in [0.29, 0.717) is 13.1 Å². The number of amides is 1. The summed E-state index contributed by atoms with van der Waals surface area (Å²) in [5.41, 5.74) is -0.295. The molecule has 1 atom stereocenters. The van der Waals surface area contributed by atoms with E-state index in [4.69, 9.17) is 0 Å². The SMILES string of the molecule is O=C(N1CC[C@H](O)C1)C1(c2cccs2)CCCCC1. The number of hydrogen-bond acceptors (Lipinski definition) is 3. The molecule has 1 aromatic rings. The number of carbonyl (C=O) groups excluding carboxylic acids is 1. The summed E-state index contributed by atoms with van der Waals surface area (Å²) in [4.78, 5) is 16.1. The van der Waals surface area contributed by atoms with Crippen molar-refractivity contribution in [3.8, 4) is 0 Å². The second-order valence-corrected chi connectivity index (χ2v) is 6.76. The molecule has 1 N–H and O–H groups in total. The molecule has 3 rings (SSSR count). The number of thiophene rings is 1. The minimum atomic E-state index is -0.326. The van der Waals surface area contributed by atoms with Crippen molar-refractivity contribution < 1.29 is 9.90 Å². The lowest BCUT2D eigenvalue weighted by molar-refractivity contribution is -0.138. The van der Waals surface area contributed by atoms with Crippen LogP contribution < -0.4 is 0 Å². The Hall–Kier alpha value is -0.870. The summed E-state index contributed by atoms with van der Waals surface area (Å²) in [7, 11) is 0. The van der Waals surface area contributed by atoms with Crippen molar-refractivity contribution in [2.45, 2.75) is 50.0 Å². The van der Waals surface area contributed by atoms with Crippen LogP contribution in [0.2, 0.25) is 0 Å². The van der Waals surface area contributed by atoms with Crippen molar-refractivity contribution in [1.82, 2.24) is 4.90 Å². The van der Waals surface area contributed by atoms with Crippen LogP contribution in [0.25, 0.3) is 0 Å². The second-order valence-electron chi connectivity index (χ2n) is 5.81. The molecule has 0 radical (unpaired) electrons. The van der Waals surface area contributed by atoms with Gasteiger partial charge in [0, 0.05) is 18.0 Å². The van der Waals surface area contributed by atoms with Crippen molar-refractivity contribution in [3.63, 3.8) is 0 Å². The van der Waals surface area contributed by atoms with Gasteiger partial charge < -0.3 is 10.0 Å². The first-order valence-corrected chi connectivity index (χ1v) is 8.12. The fourth-order valence-corrected chi connectivity index (χ4v) is 4.48. The maximum atomic E-state index is 13.0. The molecule has 3 nitrogen and oxygen atoms in total. The van der Waals surface area contributed by atoms with Crippen LogP contribution in [0, 0.1) is 0 Å². The van der Waals surface area contributed by atoms with E-state index in [1.165, 1.54) is 11.3 Å². The predicted octanol–water partition coefficient (Wildman–Crippen LogP) is 2.54. The molecule has 2 heterocycles. The molecule has 1 aliphatic heterocycles. The lowest BCUT2D eigenvalue weighted by atomic mass is 9.72. The zero-order valence-corrected chi connectivity index (χ0v) is 12.0. The van der Waals surface area contributed by atoms with Crippen LogP contribution in [-0.4, -0.2) is 35.1 Å². The highest BCUT2D eigenvalue weighted by molar-refractivity contribution is 7.10. The maximum absolute atomic E-state index is 13.0. The molecule has 0 unspecified atom stereocenters. The average molecular weight is 279 g/mol. The van der Waals surface area contributed by atoms with Crippen LogP contribution in [0.5, 0.6) is 0 Å². The largest absolute Gasteiger partial charge is 0.391 e. The minimum absolute atomic E-state index is 0.256. The molecule has 2 aliphatic rings. The Labute approximate surface area is 118 Å². The van der Waals surface area contributed by atoms with E-state index in [2.05, 4.69) is 11.4 Å². The molecule has 2 fully saturated rings. The van der Waals surface area contributed by atoms with Gasteiger partial charge in [0.1, 0.15) is 0 Å². The molecule has 0 spiro atoms. The van der Waals surface area contributed by atoms with Crippen LogP contribution in [0.15, 0.2) is 17.5 Å². The summed E-state index contributed by atoms with van der Waals surface area (Å²) in [6.07, 6.45) is 5.86. The van der Waals surface area contributed by atoms with Gasteiger partial charge in [-0.25, -0.2) is 0 Å². The number of aliphatic hydroxyl groups is 1. The highest BCUT2D eigenvalue weighted by atomic mass is 32.1. The summed E-state index contributed by atoms with van der Waals surface area (Å²) in [6.45, 7) is 1.24. The molecule has 19 heavy (non-hydrogen) atoms. The predicted molar refractivity (Wildman–Crippen MR) is 76.3 cm³/mol. The quantitative estimate of drug-likeness (QED) is 0.904. The Morgan fingerprint density at radius 2 is 2.16 bits per heavy atom. The molecule has 4 heteroatoms. The van der Waals surface area contributed by atoms with Crippen molar-refractivity contribution in [1.29, 1.82) is 0 Å². The molecule has 1 amide bonds. The van der Waals surface area contributed by atoms with E-state index in [1.807, 2.05) is 11.0 Å². The first-order chi connectivity index (χ1) is 9.22. The van der Waals surface area contributed by atoms with E-state index in [-0.39, 0.29) is 17.4 Å². The van der Waals surface area contributed by atoms with Crippen molar-refractivity contribution in [2.24, 2.45) is 0 Å². The van der Waals surface area contributed by atoms with Gasteiger partial charge in [0.2, 0.25) is 5.91 Å². The third-order valence-electron chi connectivity index (χ3n) is 4.56. The Kier molecular flexibility index (Phi) is 3.63. The van der Waals surface area contributed by atoms with Gasteiger partial charge in [-0.1, -0.05) is 25.3 Å². The molecular formula is C15H21NO2S. The number of β-amino-alcohol motifs (C(OH)–C–C–N with tert-alkyl or cyclic N) is 1. The van der Waals surface area contributed by atoms with E-state index in [1.54, 1.807) is 11.3 Å². The van der Waals surface area contributed by atoms with Crippen LogP contribution in [0.1, 0.15) is 43.4 Å².